The van der Waals surface area contributed by atoms with Gasteiger partial charge in [0.05, 0.1) is 10.7 Å². The summed E-state index contributed by atoms with van der Waals surface area (Å²) < 4.78 is 2.04. The van der Waals surface area contributed by atoms with Crippen molar-refractivity contribution in [2.24, 2.45) is 0 Å². The predicted octanol–water partition coefficient (Wildman–Crippen LogP) is 2.38. The van der Waals surface area contributed by atoms with Crippen molar-refractivity contribution in [1.82, 2.24) is 14.8 Å². The highest BCUT2D eigenvalue weighted by Crippen LogP contribution is 2.23. The van der Waals surface area contributed by atoms with Crippen LogP contribution in [0.3, 0.4) is 0 Å². The number of hydrogen-bond donors (Lipinski definition) is 2. The van der Waals surface area contributed by atoms with Gasteiger partial charge in [-0.3, -0.25) is 9.67 Å². The first-order valence-electron chi connectivity index (χ1n) is 4.67. The summed E-state index contributed by atoms with van der Waals surface area (Å²) >= 11 is 11.2. The monoisotopic (exact) mass is 255 g/mol. The number of benzene rings is 1. The predicted molar refractivity (Wildman–Crippen MR) is 64.4 cm³/mol. The molecule has 0 unspecified atom stereocenters. The van der Waals surface area contributed by atoms with Gasteiger partial charge in [-0.15, -0.1) is 0 Å². The third-order valence-electron chi connectivity index (χ3n) is 2.23. The van der Waals surface area contributed by atoms with E-state index in [4.69, 9.17) is 28.9 Å². The third-order valence-corrected chi connectivity index (χ3v) is 2.82. The minimum atomic E-state index is -0.197. The fraction of sp³-hybridized carbons (Fsp3) is 0.200. The average molecular weight is 256 g/mol. The number of aryl methyl sites for hydroxylation is 1. The first kappa shape index (κ1) is 11.3. The Balaban J connectivity index is 2.71. The van der Waals surface area contributed by atoms with Crippen LogP contribution in [-0.2, 0) is 6.61 Å². The Morgan fingerprint density at radius 2 is 2.31 bits per heavy atom. The number of rotatable bonds is 2. The Kier molecular flexibility index (Phi) is 3.09. The maximum atomic E-state index is 9.16. The lowest BCUT2D eigenvalue weighted by Gasteiger charge is -2.08. The molecule has 1 heterocycles. The molecule has 0 radical (unpaired) electrons. The summed E-state index contributed by atoms with van der Waals surface area (Å²) in [5.41, 5.74) is 1.79. The molecular formula is C10H10ClN3OS. The number of aliphatic hydroxyl groups excluding tert-OH is 1. The third kappa shape index (κ3) is 1.89. The summed E-state index contributed by atoms with van der Waals surface area (Å²) in [6, 6.07) is 5.60. The maximum Gasteiger partial charge on any atom is 0.199 e. The van der Waals surface area contributed by atoms with Crippen molar-refractivity contribution >= 4 is 23.8 Å². The van der Waals surface area contributed by atoms with Crippen LogP contribution in [0, 0.1) is 11.7 Å². The van der Waals surface area contributed by atoms with Crippen LogP contribution in [0.25, 0.3) is 5.69 Å². The first-order chi connectivity index (χ1) is 7.63. The van der Waals surface area contributed by atoms with Crippen molar-refractivity contribution in [2.75, 3.05) is 0 Å². The van der Waals surface area contributed by atoms with E-state index in [0.29, 0.717) is 15.6 Å². The summed E-state index contributed by atoms with van der Waals surface area (Å²) in [5, 5.41) is 16.3. The molecule has 0 aliphatic rings. The lowest BCUT2D eigenvalue weighted by molar-refractivity contribution is 0.269. The number of aliphatic hydroxyl groups is 1. The molecule has 2 rings (SSSR count). The molecule has 6 heteroatoms. The standard InChI is InChI=1S/C10H10ClN3OS/c1-6-2-3-7(11)8(4-6)14-9(5-15)12-13-10(14)16/h2-4,15H,5H2,1H3,(H,13,16). The number of aromatic nitrogens is 3. The van der Waals surface area contributed by atoms with Crippen molar-refractivity contribution < 1.29 is 5.11 Å². The lowest BCUT2D eigenvalue weighted by atomic mass is 10.2. The van der Waals surface area contributed by atoms with Gasteiger partial charge in [-0.05, 0) is 36.8 Å². The molecule has 1 aromatic carbocycles. The van der Waals surface area contributed by atoms with E-state index in [1.54, 1.807) is 10.6 Å². The van der Waals surface area contributed by atoms with E-state index >= 15 is 0 Å². The molecule has 0 aliphatic heterocycles. The Morgan fingerprint density at radius 3 is 3.00 bits per heavy atom. The molecule has 0 saturated carbocycles. The molecule has 84 valence electrons. The lowest BCUT2D eigenvalue weighted by Crippen LogP contribution is -2.02. The first-order valence-corrected chi connectivity index (χ1v) is 5.46. The van der Waals surface area contributed by atoms with Crippen molar-refractivity contribution in [3.8, 4) is 5.69 Å². The van der Waals surface area contributed by atoms with Crippen molar-refractivity contribution in [3.05, 3.63) is 39.4 Å². The second-order valence-corrected chi connectivity index (χ2v) is 4.19. The average Bonchev–Trinajstić information content (AvgIpc) is 2.63. The zero-order valence-electron chi connectivity index (χ0n) is 8.57. The van der Waals surface area contributed by atoms with Gasteiger partial charge < -0.3 is 5.11 Å². The SMILES string of the molecule is Cc1ccc(Cl)c(-n2c(CO)n[nH]c2=S)c1. The number of hydrogen-bond acceptors (Lipinski definition) is 3. The van der Waals surface area contributed by atoms with Crippen LogP contribution in [0.5, 0.6) is 0 Å². The van der Waals surface area contributed by atoms with Gasteiger partial charge in [0, 0.05) is 0 Å². The highest BCUT2D eigenvalue weighted by Gasteiger charge is 2.10. The molecule has 0 spiro atoms. The van der Waals surface area contributed by atoms with Gasteiger partial charge in [-0.2, -0.15) is 5.10 Å². The van der Waals surface area contributed by atoms with E-state index in [1.807, 2.05) is 19.1 Å². The topological polar surface area (TPSA) is 53.8 Å². The van der Waals surface area contributed by atoms with E-state index < -0.39 is 0 Å². The Hall–Kier alpha value is -1.17. The van der Waals surface area contributed by atoms with Crippen LogP contribution in [0.15, 0.2) is 18.2 Å². The van der Waals surface area contributed by atoms with Crippen LogP contribution < -0.4 is 0 Å². The molecule has 0 bridgehead atoms. The van der Waals surface area contributed by atoms with E-state index in [9.17, 15) is 0 Å². The Labute approximate surface area is 103 Å². The molecule has 0 saturated heterocycles. The summed E-state index contributed by atoms with van der Waals surface area (Å²) in [5.74, 6) is 0.442. The Morgan fingerprint density at radius 1 is 1.56 bits per heavy atom. The molecule has 2 N–H and O–H groups in total. The van der Waals surface area contributed by atoms with Crippen LogP contribution in [0.4, 0.5) is 0 Å². The van der Waals surface area contributed by atoms with E-state index in [0.717, 1.165) is 11.3 Å². The van der Waals surface area contributed by atoms with Gasteiger partial charge in [-0.1, -0.05) is 17.7 Å². The number of aromatic amines is 1. The second-order valence-electron chi connectivity index (χ2n) is 3.39. The minimum absolute atomic E-state index is 0.197. The van der Waals surface area contributed by atoms with E-state index in [-0.39, 0.29) is 6.61 Å². The second kappa shape index (κ2) is 4.37. The molecule has 16 heavy (non-hydrogen) atoms. The van der Waals surface area contributed by atoms with Crippen LogP contribution in [-0.4, -0.2) is 19.9 Å². The summed E-state index contributed by atoms with van der Waals surface area (Å²) in [4.78, 5) is 0. The highest BCUT2D eigenvalue weighted by atomic mass is 35.5. The molecule has 4 nitrogen and oxygen atoms in total. The zero-order valence-corrected chi connectivity index (χ0v) is 10.1. The van der Waals surface area contributed by atoms with Gasteiger partial charge in [0.15, 0.2) is 10.6 Å². The summed E-state index contributed by atoms with van der Waals surface area (Å²) in [7, 11) is 0. The van der Waals surface area contributed by atoms with Gasteiger partial charge in [0.25, 0.3) is 0 Å². The van der Waals surface area contributed by atoms with Gasteiger partial charge in [0.1, 0.15) is 6.61 Å². The van der Waals surface area contributed by atoms with Gasteiger partial charge in [-0.25, -0.2) is 0 Å². The Bertz CT molecular complexity index is 576. The number of halogens is 1. The maximum absolute atomic E-state index is 9.16. The molecular weight excluding hydrogens is 246 g/mol. The normalized spacial score (nSPS) is 10.7. The van der Waals surface area contributed by atoms with Crippen molar-refractivity contribution in [1.29, 1.82) is 0 Å². The molecule has 0 fully saturated rings. The number of nitrogens with one attached hydrogen (secondary N) is 1. The van der Waals surface area contributed by atoms with Gasteiger partial charge in [0.2, 0.25) is 0 Å². The largest absolute Gasteiger partial charge is 0.388 e. The van der Waals surface area contributed by atoms with Crippen molar-refractivity contribution in [2.45, 2.75) is 13.5 Å². The van der Waals surface area contributed by atoms with E-state index in [2.05, 4.69) is 10.2 Å². The number of nitrogens with zero attached hydrogens (tertiary/aromatic N) is 2. The van der Waals surface area contributed by atoms with E-state index in [1.165, 1.54) is 0 Å². The minimum Gasteiger partial charge on any atom is -0.388 e. The summed E-state index contributed by atoms with van der Waals surface area (Å²) in [6.45, 7) is 1.76. The van der Waals surface area contributed by atoms with Crippen molar-refractivity contribution in [3.63, 3.8) is 0 Å². The highest BCUT2D eigenvalue weighted by molar-refractivity contribution is 7.71. The fourth-order valence-electron chi connectivity index (χ4n) is 1.48. The molecule has 0 amide bonds. The smallest absolute Gasteiger partial charge is 0.199 e. The molecule has 2 aromatic rings. The van der Waals surface area contributed by atoms with Crippen LogP contribution >= 0.6 is 23.8 Å². The number of H-pyrrole nitrogens is 1. The molecule has 0 aliphatic carbocycles. The zero-order chi connectivity index (χ0) is 11.7. The fourth-order valence-corrected chi connectivity index (χ4v) is 1.93. The van der Waals surface area contributed by atoms with Crippen LogP contribution in [0.1, 0.15) is 11.4 Å². The molecule has 0 atom stereocenters. The van der Waals surface area contributed by atoms with Gasteiger partial charge >= 0.3 is 0 Å². The van der Waals surface area contributed by atoms with Crippen LogP contribution in [0.2, 0.25) is 5.02 Å². The summed E-state index contributed by atoms with van der Waals surface area (Å²) in [6.07, 6.45) is 0. The quantitative estimate of drug-likeness (QED) is 0.811. The molecule has 1 aromatic heterocycles.